The Morgan fingerprint density at radius 1 is 1.00 bits per heavy atom. The molecule has 0 fully saturated rings. The van der Waals surface area contributed by atoms with Gasteiger partial charge >= 0.3 is 5.97 Å². The predicted molar refractivity (Wildman–Crippen MR) is 141 cm³/mol. The molecule has 0 saturated heterocycles. The summed E-state index contributed by atoms with van der Waals surface area (Å²) in [6.07, 6.45) is 1.60. The largest absolute Gasteiger partial charge is 0.497 e. The molecule has 0 aliphatic carbocycles. The molecule has 0 aliphatic heterocycles. The fourth-order valence-corrected chi connectivity index (χ4v) is 3.80. The summed E-state index contributed by atoms with van der Waals surface area (Å²) in [5, 5.41) is 13.5. The molecule has 182 valence electrons. The molecule has 2 N–H and O–H groups in total. The number of aromatic nitrogens is 1. The number of anilines is 3. The molecule has 0 atom stereocenters. The van der Waals surface area contributed by atoms with Crippen LogP contribution in [0.25, 0.3) is 0 Å². The highest BCUT2D eigenvalue weighted by molar-refractivity contribution is 6.30. The molecule has 1 aromatic heterocycles. The van der Waals surface area contributed by atoms with E-state index >= 15 is 0 Å². The zero-order valence-electron chi connectivity index (χ0n) is 19.7. The van der Waals surface area contributed by atoms with Gasteiger partial charge in [-0.3, -0.25) is 9.78 Å². The number of hydrogen-bond acceptors (Lipinski definition) is 6. The van der Waals surface area contributed by atoms with Gasteiger partial charge in [0.2, 0.25) is 5.78 Å². The normalized spacial score (nSPS) is 10.5. The molecule has 1 heterocycles. The second kappa shape index (κ2) is 10.9. The van der Waals surface area contributed by atoms with Crippen molar-refractivity contribution < 1.29 is 19.4 Å². The Bertz CT molecular complexity index is 1390. The van der Waals surface area contributed by atoms with E-state index in [1.807, 2.05) is 48.3 Å². The monoisotopic (exact) mass is 501 g/mol. The van der Waals surface area contributed by atoms with Crippen LogP contribution in [-0.4, -0.2) is 36.0 Å². The lowest BCUT2D eigenvalue weighted by atomic mass is 10.0. The van der Waals surface area contributed by atoms with Crippen LogP contribution in [0.2, 0.25) is 5.02 Å². The first kappa shape index (κ1) is 24.8. The van der Waals surface area contributed by atoms with E-state index in [2.05, 4.69) is 10.3 Å². The number of carbonyl (C=O) groups excluding carboxylic acids is 1. The van der Waals surface area contributed by atoms with Gasteiger partial charge in [-0.2, -0.15) is 0 Å². The van der Waals surface area contributed by atoms with E-state index in [0.29, 0.717) is 23.0 Å². The number of methoxy groups -OCH3 is 1. The van der Waals surface area contributed by atoms with Crippen LogP contribution in [-0.2, 0) is 6.54 Å². The van der Waals surface area contributed by atoms with Gasteiger partial charge in [0, 0.05) is 35.6 Å². The molecule has 4 aromatic rings. The topological polar surface area (TPSA) is 91.8 Å². The summed E-state index contributed by atoms with van der Waals surface area (Å²) < 4.78 is 5.23. The van der Waals surface area contributed by atoms with E-state index in [9.17, 15) is 14.7 Å². The van der Waals surface area contributed by atoms with E-state index in [4.69, 9.17) is 16.3 Å². The molecule has 7 nitrogen and oxygen atoms in total. The number of nitrogens with one attached hydrogen (secondary N) is 1. The van der Waals surface area contributed by atoms with Crippen LogP contribution in [0.1, 0.15) is 32.0 Å². The fourth-order valence-electron chi connectivity index (χ4n) is 3.68. The Morgan fingerprint density at radius 3 is 2.42 bits per heavy atom. The van der Waals surface area contributed by atoms with E-state index in [1.54, 1.807) is 49.7 Å². The fraction of sp³-hybridized carbons (Fsp3) is 0.107. The molecule has 0 aliphatic rings. The van der Waals surface area contributed by atoms with Gasteiger partial charge in [0.1, 0.15) is 11.4 Å². The molecule has 0 amide bonds. The van der Waals surface area contributed by atoms with Crippen molar-refractivity contribution in [2.75, 3.05) is 24.4 Å². The highest BCUT2D eigenvalue weighted by atomic mass is 35.5. The SMILES string of the molecule is COc1cccc(CNc2ccc(C(=O)c3ccc(N(C)c4ccc(Cl)cc4)cn3)cc2C(=O)O)c1. The Balaban J connectivity index is 1.51. The first-order valence-corrected chi connectivity index (χ1v) is 11.5. The second-order valence-electron chi connectivity index (χ2n) is 8.04. The van der Waals surface area contributed by atoms with E-state index < -0.39 is 5.97 Å². The van der Waals surface area contributed by atoms with Crippen molar-refractivity contribution in [1.82, 2.24) is 4.98 Å². The first-order chi connectivity index (χ1) is 17.4. The van der Waals surface area contributed by atoms with Crippen LogP contribution in [0.15, 0.2) is 85.1 Å². The van der Waals surface area contributed by atoms with Gasteiger partial charge in [-0.05, 0) is 72.3 Å². The van der Waals surface area contributed by atoms with E-state index in [1.165, 1.54) is 6.07 Å². The van der Waals surface area contributed by atoms with Gasteiger partial charge in [-0.25, -0.2) is 4.79 Å². The zero-order chi connectivity index (χ0) is 25.7. The molecule has 4 rings (SSSR count). The number of rotatable bonds is 9. The molecule has 8 heteroatoms. The van der Waals surface area contributed by atoms with Crippen LogP contribution in [0, 0.1) is 0 Å². The maximum absolute atomic E-state index is 13.1. The van der Waals surface area contributed by atoms with Gasteiger partial charge in [-0.15, -0.1) is 0 Å². The average molecular weight is 502 g/mol. The Morgan fingerprint density at radius 2 is 1.75 bits per heavy atom. The van der Waals surface area contributed by atoms with Gasteiger partial charge in [0.05, 0.1) is 24.6 Å². The minimum atomic E-state index is -1.13. The Hall–Kier alpha value is -4.36. The molecular formula is C28H24ClN3O4. The lowest BCUT2D eigenvalue weighted by Gasteiger charge is -2.19. The summed E-state index contributed by atoms with van der Waals surface area (Å²) in [5.41, 5.74) is 3.51. The smallest absolute Gasteiger partial charge is 0.337 e. The van der Waals surface area contributed by atoms with Crippen molar-refractivity contribution in [2.45, 2.75) is 6.54 Å². The first-order valence-electron chi connectivity index (χ1n) is 11.1. The number of pyridine rings is 1. The summed E-state index contributed by atoms with van der Waals surface area (Å²) >= 11 is 5.96. The van der Waals surface area contributed by atoms with Crippen LogP contribution in [0.5, 0.6) is 5.75 Å². The van der Waals surface area contributed by atoms with Crippen molar-refractivity contribution in [3.8, 4) is 5.75 Å². The van der Waals surface area contributed by atoms with Crippen molar-refractivity contribution in [2.24, 2.45) is 0 Å². The lowest BCUT2D eigenvalue weighted by Crippen LogP contribution is -2.12. The molecule has 0 unspecified atom stereocenters. The number of carboxylic acid groups (broad SMARTS) is 1. The van der Waals surface area contributed by atoms with Crippen LogP contribution in [0.4, 0.5) is 17.1 Å². The van der Waals surface area contributed by atoms with Gasteiger partial charge in [0.15, 0.2) is 0 Å². The molecule has 0 spiro atoms. The van der Waals surface area contributed by atoms with Crippen LogP contribution < -0.4 is 15.0 Å². The summed E-state index contributed by atoms with van der Waals surface area (Å²) in [6, 6.07) is 22.8. The molecule has 0 saturated carbocycles. The third-order valence-electron chi connectivity index (χ3n) is 5.71. The standard InChI is InChI=1S/C28H24ClN3O4/c1-32(21-9-7-20(29)8-10-21)22-11-13-26(31-17-22)27(33)19-6-12-25(24(15-19)28(34)35)30-16-18-4-3-5-23(14-18)36-2/h3-15,17,30H,16H2,1-2H3,(H,34,35). The minimum absolute atomic E-state index is 0.00263. The molecular weight excluding hydrogens is 478 g/mol. The highest BCUT2D eigenvalue weighted by Gasteiger charge is 2.17. The lowest BCUT2D eigenvalue weighted by molar-refractivity contribution is 0.0698. The van der Waals surface area contributed by atoms with Gasteiger partial charge < -0.3 is 20.1 Å². The number of ether oxygens (including phenoxy) is 1. The zero-order valence-corrected chi connectivity index (χ0v) is 20.5. The Labute approximate surface area is 213 Å². The number of carboxylic acids is 1. The predicted octanol–water partition coefficient (Wildman–Crippen LogP) is 6.05. The highest BCUT2D eigenvalue weighted by Crippen LogP contribution is 2.26. The third kappa shape index (κ3) is 5.64. The second-order valence-corrected chi connectivity index (χ2v) is 8.47. The maximum atomic E-state index is 13.1. The number of carbonyl (C=O) groups is 2. The number of nitrogens with zero attached hydrogens (tertiary/aromatic N) is 2. The summed E-state index contributed by atoms with van der Waals surface area (Å²) in [6.45, 7) is 0.398. The minimum Gasteiger partial charge on any atom is -0.497 e. The number of aromatic carboxylic acids is 1. The summed E-state index contributed by atoms with van der Waals surface area (Å²) in [7, 11) is 3.48. The average Bonchev–Trinajstić information content (AvgIpc) is 2.91. The van der Waals surface area contributed by atoms with Crippen molar-refractivity contribution in [1.29, 1.82) is 0 Å². The molecule has 0 radical (unpaired) electrons. The molecule has 3 aromatic carbocycles. The quantitative estimate of drug-likeness (QED) is 0.269. The van der Waals surface area contributed by atoms with E-state index in [0.717, 1.165) is 16.9 Å². The maximum Gasteiger partial charge on any atom is 0.337 e. The number of halogens is 1. The molecule has 36 heavy (non-hydrogen) atoms. The summed E-state index contributed by atoms with van der Waals surface area (Å²) in [5.74, 6) is -0.783. The molecule has 0 bridgehead atoms. The number of hydrogen-bond donors (Lipinski definition) is 2. The van der Waals surface area contributed by atoms with Crippen LogP contribution >= 0.6 is 11.6 Å². The van der Waals surface area contributed by atoms with Crippen LogP contribution in [0.3, 0.4) is 0 Å². The Kier molecular flexibility index (Phi) is 7.51. The third-order valence-corrected chi connectivity index (χ3v) is 5.96. The number of benzene rings is 3. The number of ketones is 1. The van der Waals surface area contributed by atoms with Gasteiger partial charge in [0.25, 0.3) is 0 Å². The van der Waals surface area contributed by atoms with E-state index in [-0.39, 0.29) is 22.6 Å². The summed E-state index contributed by atoms with van der Waals surface area (Å²) in [4.78, 5) is 31.2. The van der Waals surface area contributed by atoms with Crippen molar-refractivity contribution in [3.63, 3.8) is 0 Å². The van der Waals surface area contributed by atoms with Gasteiger partial charge in [-0.1, -0.05) is 23.7 Å². The van der Waals surface area contributed by atoms with Crippen molar-refractivity contribution in [3.05, 3.63) is 112 Å². The van der Waals surface area contributed by atoms with Crippen molar-refractivity contribution >= 4 is 40.4 Å².